The molecule has 1 fully saturated rings. The van der Waals surface area contributed by atoms with Gasteiger partial charge in [0.05, 0.1) is 26.4 Å². The first-order chi connectivity index (χ1) is 12.2. The van der Waals surface area contributed by atoms with Gasteiger partial charge in [0.25, 0.3) is 0 Å². The van der Waals surface area contributed by atoms with Crippen LogP contribution >= 0.6 is 0 Å². The Morgan fingerprint density at radius 2 is 1.04 bits per heavy atom. The van der Waals surface area contributed by atoms with Crippen LogP contribution in [0.25, 0.3) is 0 Å². The molecule has 152 valence electrons. The van der Waals surface area contributed by atoms with Crippen molar-refractivity contribution in [1.82, 2.24) is 9.80 Å². The predicted molar refractivity (Wildman–Crippen MR) is 103 cm³/mol. The van der Waals surface area contributed by atoms with Gasteiger partial charge in [-0.25, -0.2) is 0 Å². The summed E-state index contributed by atoms with van der Waals surface area (Å²) in [4.78, 5) is 4.19. The van der Waals surface area contributed by atoms with E-state index in [9.17, 15) is 0 Å². The SMILES string of the molecule is CCN(CCO)CCO.OCCN(CCO)CC1CCCCCCC1. The molecule has 0 heterocycles. The minimum Gasteiger partial charge on any atom is -0.395 e. The van der Waals surface area contributed by atoms with Crippen LogP contribution in [0.1, 0.15) is 51.9 Å². The number of aliphatic hydroxyl groups is 4. The lowest BCUT2D eigenvalue weighted by molar-refractivity contribution is 0.137. The number of likely N-dealkylation sites (N-methyl/N-ethyl adjacent to an activating group) is 1. The van der Waals surface area contributed by atoms with Crippen LogP contribution in [0.2, 0.25) is 0 Å². The lowest BCUT2D eigenvalue weighted by atomic mass is 9.91. The topological polar surface area (TPSA) is 87.4 Å². The van der Waals surface area contributed by atoms with Crippen molar-refractivity contribution in [3.8, 4) is 0 Å². The molecule has 0 amide bonds. The maximum atomic E-state index is 8.97. The molecular weight excluding hydrogens is 320 g/mol. The zero-order valence-electron chi connectivity index (χ0n) is 16.3. The first-order valence-corrected chi connectivity index (χ1v) is 10.1. The van der Waals surface area contributed by atoms with Gasteiger partial charge < -0.3 is 20.4 Å². The third-order valence-corrected chi connectivity index (χ3v) is 4.85. The van der Waals surface area contributed by atoms with E-state index >= 15 is 0 Å². The van der Waals surface area contributed by atoms with E-state index in [1.54, 1.807) is 0 Å². The molecule has 6 heteroatoms. The highest BCUT2D eigenvalue weighted by atomic mass is 16.3. The number of aliphatic hydroxyl groups excluding tert-OH is 4. The summed E-state index contributed by atoms with van der Waals surface area (Å²) >= 11 is 0. The van der Waals surface area contributed by atoms with Gasteiger partial charge in [0.1, 0.15) is 0 Å². The molecule has 6 nitrogen and oxygen atoms in total. The van der Waals surface area contributed by atoms with Crippen molar-refractivity contribution in [3.05, 3.63) is 0 Å². The molecule has 0 aromatic carbocycles. The van der Waals surface area contributed by atoms with Gasteiger partial charge in [-0.1, -0.05) is 39.0 Å². The molecule has 25 heavy (non-hydrogen) atoms. The van der Waals surface area contributed by atoms with E-state index in [0.717, 1.165) is 19.0 Å². The van der Waals surface area contributed by atoms with Gasteiger partial charge in [0.2, 0.25) is 0 Å². The minimum atomic E-state index is 0.174. The molecule has 0 unspecified atom stereocenters. The highest BCUT2D eigenvalue weighted by Gasteiger charge is 2.15. The average Bonchev–Trinajstić information content (AvgIpc) is 2.58. The maximum absolute atomic E-state index is 8.97. The van der Waals surface area contributed by atoms with Crippen LogP contribution in [0.3, 0.4) is 0 Å². The van der Waals surface area contributed by atoms with Crippen LogP contribution in [-0.2, 0) is 0 Å². The fraction of sp³-hybridized carbons (Fsp3) is 1.00. The Balaban J connectivity index is 0.000000547. The first kappa shape index (κ1) is 24.8. The molecule has 0 spiro atoms. The third-order valence-electron chi connectivity index (χ3n) is 4.85. The Hall–Kier alpha value is -0.240. The van der Waals surface area contributed by atoms with E-state index in [1.165, 1.54) is 44.9 Å². The number of hydrogen-bond acceptors (Lipinski definition) is 6. The van der Waals surface area contributed by atoms with E-state index in [2.05, 4.69) is 4.90 Å². The molecule has 1 rings (SSSR count). The van der Waals surface area contributed by atoms with Crippen molar-refractivity contribution >= 4 is 0 Å². The average molecular weight is 363 g/mol. The van der Waals surface area contributed by atoms with E-state index in [-0.39, 0.29) is 26.4 Å². The molecule has 0 saturated heterocycles. The van der Waals surface area contributed by atoms with Crippen molar-refractivity contribution < 1.29 is 20.4 Å². The van der Waals surface area contributed by atoms with E-state index in [4.69, 9.17) is 20.4 Å². The van der Waals surface area contributed by atoms with Crippen LogP contribution in [0.4, 0.5) is 0 Å². The third kappa shape index (κ3) is 14.6. The van der Waals surface area contributed by atoms with E-state index in [1.807, 2.05) is 11.8 Å². The second kappa shape index (κ2) is 18.5. The smallest absolute Gasteiger partial charge is 0.0558 e. The van der Waals surface area contributed by atoms with Crippen molar-refractivity contribution in [2.45, 2.75) is 51.9 Å². The molecule has 0 atom stereocenters. The standard InChI is InChI=1S/C13H27NO2.C6H15NO2/c15-10-8-14(9-11-16)12-13-6-4-2-1-3-5-7-13;1-2-7(3-5-8)4-6-9/h13,15-16H,1-12H2;8-9H,2-6H2,1H3. The molecule has 4 N–H and O–H groups in total. The Kier molecular flexibility index (Phi) is 18.4. The second-order valence-electron chi connectivity index (χ2n) is 6.84. The molecule has 0 radical (unpaired) electrons. The van der Waals surface area contributed by atoms with Gasteiger partial charge in [-0.3, -0.25) is 9.80 Å². The summed E-state index contributed by atoms with van der Waals surface area (Å²) in [6.07, 6.45) is 9.55. The monoisotopic (exact) mass is 362 g/mol. The molecule has 0 aliphatic heterocycles. The molecular formula is C19H42N2O4. The Morgan fingerprint density at radius 3 is 1.44 bits per heavy atom. The summed E-state index contributed by atoms with van der Waals surface area (Å²) < 4.78 is 0. The highest BCUT2D eigenvalue weighted by Crippen LogP contribution is 2.22. The Morgan fingerprint density at radius 1 is 0.640 bits per heavy atom. The zero-order valence-corrected chi connectivity index (χ0v) is 16.3. The fourth-order valence-electron chi connectivity index (χ4n) is 3.38. The summed E-state index contributed by atoms with van der Waals surface area (Å²) in [5.74, 6) is 0.776. The largest absolute Gasteiger partial charge is 0.395 e. The van der Waals surface area contributed by atoms with Crippen LogP contribution in [0, 0.1) is 5.92 Å². The molecule has 0 bridgehead atoms. The summed E-state index contributed by atoms with van der Waals surface area (Å²) in [6, 6.07) is 0. The second-order valence-corrected chi connectivity index (χ2v) is 6.84. The normalized spacial score (nSPS) is 16.4. The van der Waals surface area contributed by atoms with Crippen LogP contribution in [-0.4, -0.2) is 95.9 Å². The molecule has 1 aliphatic carbocycles. The van der Waals surface area contributed by atoms with Crippen molar-refractivity contribution in [2.24, 2.45) is 5.92 Å². The van der Waals surface area contributed by atoms with Crippen molar-refractivity contribution in [1.29, 1.82) is 0 Å². The summed E-state index contributed by atoms with van der Waals surface area (Å²) in [5.41, 5.74) is 0. The van der Waals surface area contributed by atoms with E-state index in [0.29, 0.717) is 26.2 Å². The molecule has 1 aliphatic rings. The Labute approximate surface area is 154 Å². The van der Waals surface area contributed by atoms with Gasteiger partial charge in [-0.2, -0.15) is 0 Å². The van der Waals surface area contributed by atoms with Gasteiger partial charge >= 0.3 is 0 Å². The molecule has 1 saturated carbocycles. The van der Waals surface area contributed by atoms with E-state index < -0.39 is 0 Å². The van der Waals surface area contributed by atoms with Crippen LogP contribution in [0.5, 0.6) is 0 Å². The van der Waals surface area contributed by atoms with Gasteiger partial charge in [0.15, 0.2) is 0 Å². The summed E-state index contributed by atoms with van der Waals surface area (Å²) in [6.45, 7) is 7.44. The number of hydrogen-bond donors (Lipinski definition) is 4. The van der Waals surface area contributed by atoms with Crippen LogP contribution in [0.15, 0.2) is 0 Å². The number of rotatable bonds is 11. The first-order valence-electron chi connectivity index (χ1n) is 10.1. The lowest BCUT2D eigenvalue weighted by Crippen LogP contribution is -2.34. The Bertz CT molecular complexity index is 250. The van der Waals surface area contributed by atoms with Gasteiger partial charge in [0, 0.05) is 32.7 Å². The van der Waals surface area contributed by atoms with Crippen molar-refractivity contribution in [3.63, 3.8) is 0 Å². The molecule has 0 aromatic heterocycles. The van der Waals surface area contributed by atoms with Crippen LogP contribution < -0.4 is 0 Å². The highest BCUT2D eigenvalue weighted by molar-refractivity contribution is 4.69. The summed E-state index contributed by atoms with van der Waals surface area (Å²) in [7, 11) is 0. The predicted octanol–water partition coefficient (Wildman–Crippen LogP) is 0.926. The zero-order chi connectivity index (χ0) is 18.8. The molecule has 0 aromatic rings. The summed E-state index contributed by atoms with van der Waals surface area (Å²) in [5, 5.41) is 34.9. The quantitative estimate of drug-likeness (QED) is 0.437. The van der Waals surface area contributed by atoms with Gasteiger partial charge in [-0.05, 0) is 25.3 Å². The lowest BCUT2D eigenvalue weighted by Gasteiger charge is -2.27. The van der Waals surface area contributed by atoms with Gasteiger partial charge in [-0.15, -0.1) is 0 Å². The minimum absolute atomic E-state index is 0.174. The number of nitrogens with zero attached hydrogens (tertiary/aromatic N) is 2. The maximum Gasteiger partial charge on any atom is 0.0558 e. The van der Waals surface area contributed by atoms with Crippen molar-refractivity contribution in [2.75, 3.05) is 65.7 Å². The fourth-order valence-corrected chi connectivity index (χ4v) is 3.38.